The van der Waals surface area contributed by atoms with Gasteiger partial charge >= 0.3 is 0 Å². The van der Waals surface area contributed by atoms with Crippen molar-refractivity contribution < 1.29 is 9.47 Å². The van der Waals surface area contributed by atoms with Crippen LogP contribution in [0.25, 0.3) is 0 Å². The molecule has 0 aromatic carbocycles. The lowest BCUT2D eigenvalue weighted by molar-refractivity contribution is 0.0145. The molecule has 0 amide bonds. The van der Waals surface area contributed by atoms with Crippen molar-refractivity contribution in [3.05, 3.63) is 0 Å². The molecule has 0 saturated carbocycles. The Bertz CT molecular complexity index is 124. The molecule has 0 radical (unpaired) electrons. The van der Waals surface area contributed by atoms with E-state index in [1.807, 2.05) is 0 Å². The van der Waals surface area contributed by atoms with E-state index in [4.69, 9.17) is 21.1 Å². The quantitative estimate of drug-likeness (QED) is 0.643. The molecule has 1 saturated heterocycles. The van der Waals surface area contributed by atoms with Crippen molar-refractivity contribution in [3.63, 3.8) is 0 Å². The monoisotopic (exact) mass is 206 g/mol. The Kier molecular flexibility index (Phi) is 5.76. The van der Waals surface area contributed by atoms with Gasteiger partial charge in [-0.05, 0) is 24.7 Å². The second-order valence-corrected chi connectivity index (χ2v) is 4.16. The highest BCUT2D eigenvalue weighted by molar-refractivity contribution is 6.18. The molecule has 2 nitrogen and oxygen atoms in total. The average molecular weight is 207 g/mol. The first kappa shape index (κ1) is 11.3. The Morgan fingerprint density at radius 3 is 2.77 bits per heavy atom. The van der Waals surface area contributed by atoms with Gasteiger partial charge in [-0.1, -0.05) is 6.92 Å². The molecular formula is C10H19ClO2. The highest BCUT2D eigenvalue weighted by Gasteiger charge is 2.13. The smallest absolute Gasteiger partial charge is 0.0503 e. The SMILES string of the molecule is CC(CCl)COCC1CCOCC1. The summed E-state index contributed by atoms with van der Waals surface area (Å²) in [5.74, 6) is 1.87. The summed E-state index contributed by atoms with van der Waals surface area (Å²) in [4.78, 5) is 0. The van der Waals surface area contributed by atoms with Crippen molar-refractivity contribution >= 4 is 11.6 Å². The largest absolute Gasteiger partial charge is 0.381 e. The molecule has 1 rings (SSSR count). The zero-order chi connectivity index (χ0) is 9.52. The van der Waals surface area contributed by atoms with Crippen LogP contribution in [0.4, 0.5) is 0 Å². The maximum Gasteiger partial charge on any atom is 0.0503 e. The molecule has 0 aromatic rings. The Hall–Kier alpha value is 0.210. The number of alkyl halides is 1. The molecule has 1 heterocycles. The Morgan fingerprint density at radius 2 is 2.15 bits per heavy atom. The molecule has 1 fully saturated rings. The first-order chi connectivity index (χ1) is 6.33. The summed E-state index contributed by atoms with van der Waals surface area (Å²) in [6, 6.07) is 0. The van der Waals surface area contributed by atoms with E-state index in [2.05, 4.69) is 6.92 Å². The van der Waals surface area contributed by atoms with E-state index in [1.54, 1.807) is 0 Å². The molecule has 0 spiro atoms. The fourth-order valence-electron chi connectivity index (χ4n) is 1.39. The molecule has 1 aliphatic heterocycles. The van der Waals surface area contributed by atoms with Crippen LogP contribution < -0.4 is 0 Å². The number of hydrogen-bond acceptors (Lipinski definition) is 2. The molecule has 1 aliphatic rings. The molecule has 0 aliphatic carbocycles. The molecule has 3 heteroatoms. The summed E-state index contributed by atoms with van der Waals surface area (Å²) >= 11 is 5.67. The van der Waals surface area contributed by atoms with Crippen LogP contribution in [0.5, 0.6) is 0 Å². The minimum Gasteiger partial charge on any atom is -0.381 e. The maximum atomic E-state index is 5.67. The molecule has 13 heavy (non-hydrogen) atoms. The summed E-state index contributed by atoms with van der Waals surface area (Å²) in [6.07, 6.45) is 2.30. The average Bonchev–Trinajstić information content (AvgIpc) is 2.19. The van der Waals surface area contributed by atoms with E-state index in [0.717, 1.165) is 39.3 Å². The van der Waals surface area contributed by atoms with Gasteiger partial charge < -0.3 is 9.47 Å². The third kappa shape index (κ3) is 4.84. The predicted molar refractivity (Wildman–Crippen MR) is 54.2 cm³/mol. The van der Waals surface area contributed by atoms with Gasteiger partial charge in [-0.15, -0.1) is 11.6 Å². The molecule has 1 unspecified atom stereocenters. The highest BCUT2D eigenvalue weighted by Crippen LogP contribution is 2.15. The van der Waals surface area contributed by atoms with Crippen LogP contribution in [0.15, 0.2) is 0 Å². The third-order valence-corrected chi connectivity index (χ3v) is 2.89. The lowest BCUT2D eigenvalue weighted by atomic mass is 10.0. The van der Waals surface area contributed by atoms with E-state index in [1.165, 1.54) is 0 Å². The Balaban J connectivity index is 1.98. The zero-order valence-electron chi connectivity index (χ0n) is 8.30. The first-order valence-corrected chi connectivity index (χ1v) is 5.58. The van der Waals surface area contributed by atoms with Crippen LogP contribution in [0.1, 0.15) is 19.8 Å². The zero-order valence-corrected chi connectivity index (χ0v) is 9.05. The molecular weight excluding hydrogens is 188 g/mol. The number of ether oxygens (including phenoxy) is 2. The lowest BCUT2D eigenvalue weighted by Crippen LogP contribution is -2.21. The van der Waals surface area contributed by atoms with Gasteiger partial charge in [0.2, 0.25) is 0 Å². The third-order valence-electron chi connectivity index (χ3n) is 2.36. The summed E-state index contributed by atoms with van der Waals surface area (Å²) in [7, 11) is 0. The normalized spacial score (nSPS) is 21.7. The fourth-order valence-corrected chi connectivity index (χ4v) is 1.48. The topological polar surface area (TPSA) is 18.5 Å². The van der Waals surface area contributed by atoms with Crippen molar-refractivity contribution in [2.75, 3.05) is 32.3 Å². The van der Waals surface area contributed by atoms with E-state index in [0.29, 0.717) is 17.7 Å². The number of hydrogen-bond donors (Lipinski definition) is 0. The minimum absolute atomic E-state index is 0.474. The van der Waals surface area contributed by atoms with Gasteiger partial charge in [0.15, 0.2) is 0 Å². The van der Waals surface area contributed by atoms with Crippen LogP contribution in [0, 0.1) is 11.8 Å². The van der Waals surface area contributed by atoms with Gasteiger partial charge in [0, 0.05) is 25.7 Å². The number of rotatable bonds is 5. The van der Waals surface area contributed by atoms with E-state index >= 15 is 0 Å². The van der Waals surface area contributed by atoms with Gasteiger partial charge in [0.25, 0.3) is 0 Å². The van der Waals surface area contributed by atoms with Crippen LogP contribution in [0.3, 0.4) is 0 Å². The summed E-state index contributed by atoms with van der Waals surface area (Å²) in [5, 5.41) is 0. The van der Waals surface area contributed by atoms with Gasteiger partial charge in [0.1, 0.15) is 0 Å². The number of halogens is 1. The van der Waals surface area contributed by atoms with Gasteiger partial charge in [-0.2, -0.15) is 0 Å². The van der Waals surface area contributed by atoms with E-state index in [-0.39, 0.29) is 0 Å². The van der Waals surface area contributed by atoms with Crippen LogP contribution in [0.2, 0.25) is 0 Å². The lowest BCUT2D eigenvalue weighted by Gasteiger charge is -2.22. The van der Waals surface area contributed by atoms with E-state index in [9.17, 15) is 0 Å². The molecule has 1 atom stereocenters. The van der Waals surface area contributed by atoms with Gasteiger partial charge in [-0.3, -0.25) is 0 Å². The fraction of sp³-hybridized carbons (Fsp3) is 1.00. The first-order valence-electron chi connectivity index (χ1n) is 5.04. The van der Waals surface area contributed by atoms with Gasteiger partial charge in [0.05, 0.1) is 6.61 Å². The minimum atomic E-state index is 0.474. The van der Waals surface area contributed by atoms with Crippen LogP contribution >= 0.6 is 11.6 Å². The Morgan fingerprint density at radius 1 is 1.46 bits per heavy atom. The molecule has 78 valence electrons. The summed E-state index contributed by atoms with van der Waals surface area (Å²) in [5.41, 5.74) is 0. The molecule has 0 N–H and O–H groups in total. The van der Waals surface area contributed by atoms with Crippen LogP contribution in [-0.2, 0) is 9.47 Å². The standard InChI is InChI=1S/C10H19ClO2/c1-9(6-11)7-13-8-10-2-4-12-5-3-10/h9-10H,2-8H2,1H3. The van der Waals surface area contributed by atoms with Crippen molar-refractivity contribution in [1.82, 2.24) is 0 Å². The van der Waals surface area contributed by atoms with Crippen molar-refractivity contribution in [1.29, 1.82) is 0 Å². The predicted octanol–water partition coefficient (Wildman–Crippen LogP) is 2.30. The molecule has 0 bridgehead atoms. The van der Waals surface area contributed by atoms with Crippen molar-refractivity contribution in [3.8, 4) is 0 Å². The van der Waals surface area contributed by atoms with Crippen LogP contribution in [-0.4, -0.2) is 32.3 Å². The second kappa shape index (κ2) is 6.63. The Labute approximate surface area is 85.5 Å². The highest BCUT2D eigenvalue weighted by atomic mass is 35.5. The van der Waals surface area contributed by atoms with Gasteiger partial charge in [-0.25, -0.2) is 0 Å². The summed E-state index contributed by atoms with van der Waals surface area (Å²) < 4.78 is 10.9. The summed E-state index contributed by atoms with van der Waals surface area (Å²) in [6.45, 7) is 5.58. The maximum absolute atomic E-state index is 5.67. The van der Waals surface area contributed by atoms with Crippen molar-refractivity contribution in [2.24, 2.45) is 11.8 Å². The second-order valence-electron chi connectivity index (χ2n) is 3.85. The molecule has 0 aromatic heterocycles. The van der Waals surface area contributed by atoms with E-state index < -0.39 is 0 Å². The van der Waals surface area contributed by atoms with Crippen molar-refractivity contribution in [2.45, 2.75) is 19.8 Å².